The van der Waals surface area contributed by atoms with Crippen molar-refractivity contribution in [1.29, 1.82) is 0 Å². The van der Waals surface area contributed by atoms with Gasteiger partial charge in [0.05, 0.1) is 7.11 Å². The molecule has 0 bridgehead atoms. The van der Waals surface area contributed by atoms with Gasteiger partial charge in [-0.05, 0) is 31.0 Å². The molecule has 9 heteroatoms. The number of nitrogens with zero attached hydrogens (tertiary/aromatic N) is 1. The van der Waals surface area contributed by atoms with Crippen molar-refractivity contribution in [2.24, 2.45) is 0 Å². The SMILES string of the molecule is COc1ccc(C(=O)NC2(C(=O)O)CC2)cc1S(=O)(=O)N(C)C. The van der Waals surface area contributed by atoms with E-state index < -0.39 is 27.4 Å². The van der Waals surface area contributed by atoms with E-state index in [1.165, 1.54) is 39.4 Å². The molecule has 0 radical (unpaired) electrons. The predicted octanol–water partition coefficient (Wildman–Crippen LogP) is 0.292. The molecule has 1 fully saturated rings. The van der Waals surface area contributed by atoms with Crippen LogP contribution in [-0.2, 0) is 14.8 Å². The molecule has 1 aliphatic rings. The number of sulfonamides is 1. The summed E-state index contributed by atoms with van der Waals surface area (Å²) in [6, 6.07) is 3.94. The van der Waals surface area contributed by atoms with Crippen molar-refractivity contribution in [3.63, 3.8) is 0 Å². The zero-order valence-corrected chi connectivity index (χ0v) is 13.8. The minimum absolute atomic E-state index is 0.0544. The summed E-state index contributed by atoms with van der Waals surface area (Å²) < 4.78 is 30.7. The van der Waals surface area contributed by atoms with Gasteiger partial charge in [0.1, 0.15) is 16.2 Å². The molecule has 0 unspecified atom stereocenters. The van der Waals surface area contributed by atoms with E-state index in [0.717, 1.165) is 4.31 Å². The first-order valence-corrected chi connectivity index (χ1v) is 8.24. The standard InChI is InChI=1S/C14H18N2O6S/c1-16(2)23(20,21)11-8-9(4-5-10(11)22-3)12(17)15-14(6-7-14)13(18)19/h4-5,8H,6-7H2,1-3H3,(H,15,17)(H,18,19). The van der Waals surface area contributed by atoms with Gasteiger partial charge < -0.3 is 15.2 Å². The monoisotopic (exact) mass is 342 g/mol. The number of nitrogens with one attached hydrogen (secondary N) is 1. The van der Waals surface area contributed by atoms with Crippen molar-refractivity contribution in [3.05, 3.63) is 23.8 Å². The van der Waals surface area contributed by atoms with Gasteiger partial charge in [0.15, 0.2) is 0 Å². The lowest BCUT2D eigenvalue weighted by Crippen LogP contribution is -2.43. The first-order chi connectivity index (χ1) is 10.6. The summed E-state index contributed by atoms with van der Waals surface area (Å²) in [4.78, 5) is 23.2. The van der Waals surface area contributed by atoms with Gasteiger partial charge in [-0.1, -0.05) is 0 Å². The normalized spacial score (nSPS) is 16.0. The molecule has 23 heavy (non-hydrogen) atoms. The lowest BCUT2D eigenvalue weighted by molar-refractivity contribution is -0.140. The molecule has 8 nitrogen and oxygen atoms in total. The van der Waals surface area contributed by atoms with Crippen LogP contribution in [0.25, 0.3) is 0 Å². The largest absolute Gasteiger partial charge is 0.495 e. The average molecular weight is 342 g/mol. The minimum atomic E-state index is -3.81. The molecule has 0 saturated heterocycles. The molecule has 1 saturated carbocycles. The van der Waals surface area contributed by atoms with Crippen molar-refractivity contribution in [2.45, 2.75) is 23.3 Å². The molecule has 2 N–H and O–H groups in total. The number of carboxylic acids is 1. The van der Waals surface area contributed by atoms with E-state index in [2.05, 4.69) is 5.32 Å². The molecular formula is C14H18N2O6S. The number of rotatable bonds is 6. The van der Waals surface area contributed by atoms with Crippen LogP contribution >= 0.6 is 0 Å². The third-order valence-electron chi connectivity index (χ3n) is 3.70. The van der Waals surface area contributed by atoms with Gasteiger partial charge in [0, 0.05) is 19.7 Å². The molecule has 1 aliphatic carbocycles. The Bertz CT molecular complexity index is 753. The molecular weight excluding hydrogens is 324 g/mol. The third-order valence-corrected chi connectivity index (χ3v) is 5.53. The smallest absolute Gasteiger partial charge is 0.329 e. The molecule has 0 spiro atoms. The van der Waals surface area contributed by atoms with Crippen molar-refractivity contribution in [2.75, 3.05) is 21.2 Å². The summed E-state index contributed by atoms with van der Waals surface area (Å²) in [7, 11) is 0.251. The van der Waals surface area contributed by atoms with Crippen molar-refractivity contribution in [3.8, 4) is 5.75 Å². The summed E-state index contributed by atoms with van der Waals surface area (Å²) in [5.74, 6) is -1.63. The van der Waals surface area contributed by atoms with Gasteiger partial charge >= 0.3 is 5.97 Å². The van der Waals surface area contributed by atoms with Crippen LogP contribution in [0.5, 0.6) is 5.75 Å². The number of hydrogen-bond donors (Lipinski definition) is 2. The lowest BCUT2D eigenvalue weighted by atomic mass is 10.1. The van der Waals surface area contributed by atoms with E-state index in [0.29, 0.717) is 12.8 Å². The number of carboxylic acid groups (broad SMARTS) is 1. The summed E-state index contributed by atoms with van der Waals surface area (Å²) in [6.07, 6.45) is 0.708. The molecule has 0 atom stereocenters. The lowest BCUT2D eigenvalue weighted by Gasteiger charge is -2.16. The number of ether oxygens (including phenoxy) is 1. The highest BCUT2D eigenvalue weighted by atomic mass is 32.2. The Hall–Kier alpha value is -2.13. The molecule has 1 amide bonds. The summed E-state index contributed by atoms with van der Waals surface area (Å²) in [6.45, 7) is 0. The summed E-state index contributed by atoms with van der Waals surface area (Å²) in [5.41, 5.74) is -1.18. The average Bonchev–Trinajstić information content (AvgIpc) is 3.27. The predicted molar refractivity (Wildman–Crippen MR) is 80.9 cm³/mol. The number of hydrogen-bond acceptors (Lipinski definition) is 5. The van der Waals surface area contributed by atoms with Gasteiger partial charge in [0.2, 0.25) is 10.0 Å². The van der Waals surface area contributed by atoms with Gasteiger partial charge in [-0.15, -0.1) is 0 Å². The Morgan fingerprint density at radius 2 is 1.91 bits per heavy atom. The maximum absolute atomic E-state index is 12.3. The highest BCUT2D eigenvalue weighted by Gasteiger charge is 2.51. The second kappa shape index (κ2) is 5.82. The first kappa shape index (κ1) is 17.2. The van der Waals surface area contributed by atoms with Crippen LogP contribution in [-0.4, -0.2) is 56.5 Å². The molecule has 1 aromatic rings. The first-order valence-electron chi connectivity index (χ1n) is 6.80. The van der Waals surface area contributed by atoms with Crippen LogP contribution in [0.4, 0.5) is 0 Å². The fourth-order valence-electron chi connectivity index (χ4n) is 2.02. The summed E-state index contributed by atoms with van der Waals surface area (Å²) in [5, 5.41) is 11.5. The topological polar surface area (TPSA) is 113 Å². The number of benzene rings is 1. The number of amides is 1. The van der Waals surface area contributed by atoms with Crippen LogP contribution < -0.4 is 10.1 Å². The fourth-order valence-corrected chi connectivity index (χ4v) is 3.10. The Kier molecular flexibility index (Phi) is 4.36. The highest BCUT2D eigenvalue weighted by molar-refractivity contribution is 7.89. The van der Waals surface area contributed by atoms with Gasteiger partial charge in [-0.25, -0.2) is 17.5 Å². The molecule has 0 aromatic heterocycles. The zero-order valence-electron chi connectivity index (χ0n) is 13.0. The van der Waals surface area contributed by atoms with Gasteiger partial charge in [-0.2, -0.15) is 0 Å². The third kappa shape index (κ3) is 3.15. The van der Waals surface area contributed by atoms with Gasteiger partial charge in [0.25, 0.3) is 5.91 Å². The van der Waals surface area contributed by atoms with E-state index in [1.807, 2.05) is 0 Å². The maximum Gasteiger partial charge on any atom is 0.329 e. The Morgan fingerprint density at radius 3 is 2.35 bits per heavy atom. The van der Waals surface area contributed by atoms with E-state index in [4.69, 9.17) is 9.84 Å². The number of methoxy groups -OCH3 is 1. The van der Waals surface area contributed by atoms with Crippen molar-refractivity contribution in [1.82, 2.24) is 9.62 Å². The molecule has 0 aliphatic heterocycles. The van der Waals surface area contributed by atoms with Gasteiger partial charge in [-0.3, -0.25) is 4.79 Å². The van der Waals surface area contributed by atoms with Crippen LogP contribution in [0.15, 0.2) is 23.1 Å². The molecule has 2 rings (SSSR count). The summed E-state index contributed by atoms with van der Waals surface area (Å²) >= 11 is 0. The Labute approximate surface area is 134 Å². The number of carbonyl (C=O) groups excluding carboxylic acids is 1. The zero-order chi connectivity index (χ0) is 17.4. The molecule has 126 valence electrons. The number of aliphatic carboxylic acids is 1. The van der Waals surface area contributed by atoms with Crippen LogP contribution in [0, 0.1) is 0 Å². The van der Waals surface area contributed by atoms with E-state index >= 15 is 0 Å². The highest BCUT2D eigenvalue weighted by Crippen LogP contribution is 2.36. The Morgan fingerprint density at radius 1 is 1.30 bits per heavy atom. The maximum atomic E-state index is 12.3. The fraction of sp³-hybridized carbons (Fsp3) is 0.429. The Balaban J connectivity index is 2.38. The van der Waals surface area contributed by atoms with Crippen LogP contribution in [0.3, 0.4) is 0 Å². The van der Waals surface area contributed by atoms with E-state index in [1.54, 1.807) is 0 Å². The van der Waals surface area contributed by atoms with Crippen molar-refractivity contribution < 1.29 is 27.9 Å². The molecule has 0 heterocycles. The van der Waals surface area contributed by atoms with Crippen molar-refractivity contribution >= 4 is 21.9 Å². The van der Waals surface area contributed by atoms with E-state index in [-0.39, 0.29) is 16.2 Å². The second-order valence-electron chi connectivity index (χ2n) is 5.49. The quantitative estimate of drug-likeness (QED) is 0.768. The second-order valence-corrected chi connectivity index (χ2v) is 7.61. The van der Waals surface area contributed by atoms with Crippen LogP contribution in [0.1, 0.15) is 23.2 Å². The van der Waals surface area contributed by atoms with E-state index in [9.17, 15) is 18.0 Å². The molecule has 1 aromatic carbocycles. The number of carbonyl (C=O) groups is 2. The minimum Gasteiger partial charge on any atom is -0.495 e. The van der Waals surface area contributed by atoms with Crippen LogP contribution in [0.2, 0.25) is 0 Å².